The minimum absolute atomic E-state index is 0. The SMILES string of the molecule is C1CNCCNCC[N-]1.C[C-]=O.Cl.Cl.Cl.[CH3-].[CH3-].[Ti+4]. The second-order valence-electron chi connectivity index (χ2n) is 2.37. The Morgan fingerprint density at radius 2 is 1.17 bits per heavy atom. The van der Waals surface area contributed by atoms with Crippen molar-refractivity contribution in [1.82, 2.24) is 10.6 Å². The van der Waals surface area contributed by atoms with Crippen molar-refractivity contribution in [2.75, 3.05) is 39.3 Å². The molecule has 0 bridgehead atoms. The van der Waals surface area contributed by atoms with Crippen molar-refractivity contribution in [3.63, 3.8) is 0 Å². The summed E-state index contributed by atoms with van der Waals surface area (Å²) in [7, 11) is 0. The molecule has 0 unspecified atom stereocenters. The van der Waals surface area contributed by atoms with Crippen molar-refractivity contribution in [2.45, 2.75) is 6.92 Å². The van der Waals surface area contributed by atoms with Gasteiger partial charge in [0.1, 0.15) is 0 Å². The Balaban J connectivity index is -0.0000000249. The molecule has 1 fully saturated rings. The third-order valence-corrected chi connectivity index (χ3v) is 1.37. The Hall–Kier alpha value is 1.13. The summed E-state index contributed by atoms with van der Waals surface area (Å²) in [6.45, 7) is 7.51. The molecule has 0 atom stereocenters. The number of carbonyl (C=O) groups excluding carboxylic acids is 1. The molecule has 0 amide bonds. The first-order valence-electron chi connectivity index (χ1n) is 4.25. The van der Waals surface area contributed by atoms with Crippen molar-refractivity contribution >= 4 is 43.5 Å². The second-order valence-corrected chi connectivity index (χ2v) is 2.37. The van der Waals surface area contributed by atoms with Crippen molar-refractivity contribution in [3.8, 4) is 0 Å². The van der Waals surface area contributed by atoms with Crippen LogP contribution in [0, 0.1) is 14.9 Å². The van der Waals surface area contributed by atoms with E-state index < -0.39 is 0 Å². The van der Waals surface area contributed by atoms with Crippen LogP contribution >= 0.6 is 37.2 Å². The zero-order valence-electron chi connectivity index (χ0n) is 11.3. The average Bonchev–Trinajstić information content (AvgIpc) is 2.19. The zero-order chi connectivity index (χ0) is 9.07. The molecule has 0 aromatic rings. The van der Waals surface area contributed by atoms with Crippen molar-refractivity contribution in [3.05, 3.63) is 20.2 Å². The predicted molar refractivity (Wildman–Crippen MR) is 84.8 cm³/mol. The largest absolute Gasteiger partial charge is 4.00 e. The summed E-state index contributed by atoms with van der Waals surface area (Å²) in [5, 5.41) is 10.8. The molecule has 0 radical (unpaired) electrons. The van der Waals surface area contributed by atoms with Crippen LogP contribution in [0.5, 0.6) is 0 Å². The van der Waals surface area contributed by atoms with Crippen LogP contribution in [0.25, 0.3) is 5.32 Å². The van der Waals surface area contributed by atoms with E-state index in [1.807, 2.05) is 0 Å². The second kappa shape index (κ2) is 42.9. The van der Waals surface area contributed by atoms with Gasteiger partial charge in [0.25, 0.3) is 0 Å². The number of nitrogens with zero attached hydrogens (tertiary/aromatic N) is 1. The van der Waals surface area contributed by atoms with Gasteiger partial charge in [-0.25, -0.2) is 0 Å². The summed E-state index contributed by atoms with van der Waals surface area (Å²) in [4.78, 5) is 8.68. The van der Waals surface area contributed by atoms with Gasteiger partial charge in [-0.1, -0.05) is 0 Å². The molecule has 8 heteroatoms. The summed E-state index contributed by atoms with van der Waals surface area (Å²) in [5.41, 5.74) is 0. The van der Waals surface area contributed by atoms with Crippen molar-refractivity contribution in [2.24, 2.45) is 0 Å². The first-order valence-corrected chi connectivity index (χ1v) is 4.25. The van der Waals surface area contributed by atoms with Gasteiger partial charge in [0.2, 0.25) is 0 Å². The summed E-state index contributed by atoms with van der Waals surface area (Å²) < 4.78 is 0. The topological polar surface area (TPSA) is 55.2 Å². The van der Waals surface area contributed by atoms with Gasteiger partial charge in [-0.3, -0.25) is 6.29 Å². The van der Waals surface area contributed by atoms with Crippen LogP contribution in [-0.4, -0.2) is 45.6 Å². The first-order chi connectivity index (χ1) is 5.91. The summed E-state index contributed by atoms with van der Waals surface area (Å²) in [6, 6.07) is 0. The smallest absolute Gasteiger partial charge is 0.660 e. The van der Waals surface area contributed by atoms with Crippen LogP contribution in [0.3, 0.4) is 0 Å². The first kappa shape index (κ1) is 42.7. The molecule has 1 aliphatic rings. The molecule has 0 aliphatic carbocycles. The Kier molecular flexibility index (Phi) is 102. The fourth-order valence-electron chi connectivity index (χ4n) is 0.855. The van der Waals surface area contributed by atoms with Crippen LogP contribution in [0.4, 0.5) is 0 Å². The van der Waals surface area contributed by atoms with Crippen LogP contribution in [0.15, 0.2) is 0 Å². The molecule has 18 heavy (non-hydrogen) atoms. The van der Waals surface area contributed by atoms with Crippen LogP contribution in [0.1, 0.15) is 6.92 Å². The molecule has 0 aromatic carbocycles. The maximum absolute atomic E-state index is 8.68. The monoisotopic (exact) mass is 357 g/mol. The van der Waals surface area contributed by atoms with Gasteiger partial charge in [0, 0.05) is 13.1 Å². The summed E-state index contributed by atoms with van der Waals surface area (Å²) in [6.07, 6.45) is 1.50. The molecule has 1 saturated heterocycles. The van der Waals surface area contributed by atoms with E-state index in [4.69, 9.17) is 4.79 Å². The number of hydrogen-bond donors (Lipinski definition) is 2. The molecular weight excluding hydrogens is 332 g/mol. The normalized spacial score (nSPS) is 12.7. The maximum Gasteiger partial charge on any atom is 4.00 e. The Morgan fingerprint density at radius 3 is 1.44 bits per heavy atom. The van der Waals surface area contributed by atoms with E-state index in [9.17, 15) is 0 Å². The minimum Gasteiger partial charge on any atom is -0.660 e. The third-order valence-electron chi connectivity index (χ3n) is 1.37. The Bertz CT molecular complexity index is 87.8. The minimum atomic E-state index is 0. The molecule has 0 saturated carbocycles. The van der Waals surface area contributed by atoms with Crippen LogP contribution in [-0.2, 0) is 26.5 Å². The quantitative estimate of drug-likeness (QED) is 0.513. The Morgan fingerprint density at radius 1 is 0.889 bits per heavy atom. The van der Waals surface area contributed by atoms with E-state index in [-0.39, 0.29) is 73.8 Å². The van der Waals surface area contributed by atoms with Gasteiger partial charge < -0.3 is 35.6 Å². The molecular formula is C10H26Cl3N3OTi. The van der Waals surface area contributed by atoms with E-state index in [1.54, 1.807) is 0 Å². The maximum atomic E-state index is 8.68. The molecule has 0 spiro atoms. The van der Waals surface area contributed by atoms with Gasteiger partial charge in [-0.2, -0.15) is 6.92 Å². The van der Waals surface area contributed by atoms with E-state index in [1.165, 1.54) is 13.2 Å². The fraction of sp³-hybridized carbons (Fsp3) is 0.700. The molecule has 1 aliphatic heterocycles. The van der Waals surface area contributed by atoms with Crippen LogP contribution < -0.4 is 10.6 Å². The standard InChI is InChI=1S/C6H14N3.C2H3O.2CH3.3ClH.Ti/c1-2-8-5-6-9-4-3-7-1;1-2-3;;;;;;/h7-8H,1-6H2;1H3;2*1H3;3*1H;/q4*-1;;;;+4. The number of halogens is 3. The summed E-state index contributed by atoms with van der Waals surface area (Å²) >= 11 is 0. The average molecular weight is 359 g/mol. The van der Waals surface area contributed by atoms with E-state index in [0.717, 1.165) is 39.3 Å². The van der Waals surface area contributed by atoms with Crippen molar-refractivity contribution in [1.29, 1.82) is 0 Å². The summed E-state index contributed by atoms with van der Waals surface area (Å²) in [5.74, 6) is 0. The van der Waals surface area contributed by atoms with Gasteiger partial charge in [0.05, 0.1) is 0 Å². The molecule has 4 nitrogen and oxygen atoms in total. The predicted octanol–water partition coefficient (Wildman–Crippen LogP) is 1.83. The number of hydrogen-bond acceptors (Lipinski definition) is 3. The van der Waals surface area contributed by atoms with E-state index >= 15 is 0 Å². The molecule has 112 valence electrons. The number of nitrogens with one attached hydrogen (secondary N) is 2. The van der Waals surface area contributed by atoms with E-state index in [2.05, 4.69) is 16.0 Å². The molecule has 2 N–H and O–H groups in total. The van der Waals surface area contributed by atoms with Gasteiger partial charge >= 0.3 is 21.7 Å². The van der Waals surface area contributed by atoms with Gasteiger partial charge in [-0.05, 0) is 13.1 Å². The molecule has 1 rings (SSSR count). The van der Waals surface area contributed by atoms with Crippen molar-refractivity contribution < 1.29 is 26.5 Å². The third kappa shape index (κ3) is 43.4. The zero-order valence-corrected chi connectivity index (χ0v) is 15.3. The van der Waals surface area contributed by atoms with E-state index in [0.29, 0.717) is 0 Å². The molecule has 1 heterocycles. The number of rotatable bonds is 0. The Labute approximate surface area is 146 Å². The van der Waals surface area contributed by atoms with Gasteiger partial charge in [-0.15, -0.1) is 50.3 Å². The van der Waals surface area contributed by atoms with Gasteiger partial charge in [0.15, 0.2) is 0 Å². The fourth-order valence-corrected chi connectivity index (χ4v) is 0.855. The van der Waals surface area contributed by atoms with Crippen LogP contribution in [0.2, 0.25) is 0 Å². The molecule has 0 aromatic heterocycles.